The quantitative estimate of drug-likeness (QED) is 0.450. The summed E-state index contributed by atoms with van der Waals surface area (Å²) in [5.41, 5.74) is 5.57. The molecular weight excluding hydrogens is 387 g/mol. The van der Waals surface area contributed by atoms with Crippen molar-refractivity contribution in [3.8, 4) is 11.5 Å². The van der Waals surface area contributed by atoms with Crippen LogP contribution in [0.3, 0.4) is 0 Å². The van der Waals surface area contributed by atoms with E-state index in [2.05, 4.69) is 0 Å². The van der Waals surface area contributed by atoms with Crippen LogP contribution in [0, 0.1) is 0 Å². The summed E-state index contributed by atoms with van der Waals surface area (Å²) in [6, 6.07) is 6.74. The van der Waals surface area contributed by atoms with E-state index in [0.717, 1.165) is 5.06 Å². The van der Waals surface area contributed by atoms with E-state index in [1.807, 2.05) is 0 Å². The third kappa shape index (κ3) is 6.28. The number of hydrogen-bond donors (Lipinski definition) is 2. The Morgan fingerprint density at radius 1 is 1.26 bits per heavy atom. The predicted molar refractivity (Wildman–Crippen MR) is 99.7 cm³/mol. The van der Waals surface area contributed by atoms with Crippen molar-refractivity contribution in [3.63, 3.8) is 0 Å². The van der Waals surface area contributed by atoms with Gasteiger partial charge in [-0.25, -0.2) is 4.79 Å². The van der Waals surface area contributed by atoms with Gasteiger partial charge in [-0.05, 0) is 36.4 Å². The van der Waals surface area contributed by atoms with E-state index in [1.54, 1.807) is 31.4 Å². The Bertz CT molecular complexity index is 673. The van der Waals surface area contributed by atoms with E-state index in [-0.39, 0.29) is 42.7 Å². The fraction of sp³-hybridized carbons (Fsp3) is 0.438. The van der Waals surface area contributed by atoms with Crippen LogP contribution >= 0.6 is 11.8 Å². The monoisotopic (exact) mass is 408 g/mol. The number of methoxy groups -OCH3 is 1. The molecule has 0 radical (unpaired) electrons. The van der Waals surface area contributed by atoms with Crippen LogP contribution in [0.1, 0.15) is 12.8 Å². The first-order valence-electron chi connectivity index (χ1n) is 7.78. The molecule has 0 aromatic heterocycles. The summed E-state index contributed by atoms with van der Waals surface area (Å²) in [7, 11) is 1.54. The van der Waals surface area contributed by atoms with Gasteiger partial charge in [0.25, 0.3) is 5.91 Å². The summed E-state index contributed by atoms with van der Waals surface area (Å²) in [6.45, 7) is 0.0763. The Morgan fingerprint density at radius 2 is 1.89 bits per heavy atom. The number of carboxylic acid groups (broad SMARTS) is 1. The molecule has 1 saturated heterocycles. The van der Waals surface area contributed by atoms with Crippen molar-refractivity contribution in [1.82, 2.24) is 5.06 Å². The van der Waals surface area contributed by atoms with Gasteiger partial charge >= 0.3 is 41.5 Å². The van der Waals surface area contributed by atoms with Gasteiger partial charge in [0.05, 0.1) is 7.11 Å². The van der Waals surface area contributed by atoms with Crippen LogP contribution in [-0.2, 0) is 19.2 Å². The molecule has 0 aliphatic carbocycles. The normalized spacial score (nSPS) is 19.4. The van der Waals surface area contributed by atoms with Crippen LogP contribution in [0.25, 0.3) is 0 Å². The zero-order valence-corrected chi connectivity index (χ0v) is 15.0. The Morgan fingerprint density at radius 3 is 2.44 bits per heavy atom. The number of carbonyl (C=O) groups excluding carboxylic acids is 2. The number of rotatable bonds is 8. The SMILES string of the molecule is COc1ccc(OCC2(C(N)=O)SCCCN2OC(=O)CC(=O)O)cc1.[NaH]. The Hall–Kier alpha value is -1.46. The molecule has 1 unspecified atom stereocenters. The van der Waals surface area contributed by atoms with Gasteiger partial charge in [-0.1, -0.05) is 0 Å². The van der Waals surface area contributed by atoms with Gasteiger partial charge in [0.1, 0.15) is 24.5 Å². The average molecular weight is 408 g/mol. The second-order valence-corrected chi connectivity index (χ2v) is 6.82. The molecule has 1 atom stereocenters. The van der Waals surface area contributed by atoms with Crippen molar-refractivity contribution in [2.75, 3.05) is 26.0 Å². The van der Waals surface area contributed by atoms with Crippen LogP contribution in [0.4, 0.5) is 0 Å². The van der Waals surface area contributed by atoms with Crippen molar-refractivity contribution in [1.29, 1.82) is 0 Å². The number of ether oxygens (including phenoxy) is 2. The maximum atomic E-state index is 12.2. The number of hydroxylamine groups is 2. The minimum absolute atomic E-state index is 0. The molecule has 0 saturated carbocycles. The van der Waals surface area contributed by atoms with Crippen LogP contribution in [0.15, 0.2) is 24.3 Å². The molecule has 1 aromatic carbocycles. The first kappa shape index (κ1) is 23.6. The zero-order chi connectivity index (χ0) is 19.2. The molecule has 11 heteroatoms. The Balaban J connectivity index is 0.00000364. The third-order valence-electron chi connectivity index (χ3n) is 3.64. The fourth-order valence-electron chi connectivity index (χ4n) is 2.33. The predicted octanol–water partition coefficient (Wildman–Crippen LogP) is -0.0211. The first-order chi connectivity index (χ1) is 12.4. The van der Waals surface area contributed by atoms with Gasteiger partial charge < -0.3 is 25.2 Å². The van der Waals surface area contributed by atoms with Crippen LogP contribution in [0.5, 0.6) is 11.5 Å². The van der Waals surface area contributed by atoms with Crippen LogP contribution < -0.4 is 15.2 Å². The third-order valence-corrected chi connectivity index (χ3v) is 5.13. The number of aliphatic carboxylic acids is 1. The van der Waals surface area contributed by atoms with E-state index >= 15 is 0 Å². The summed E-state index contributed by atoms with van der Waals surface area (Å²) in [6.07, 6.45) is -0.169. The van der Waals surface area contributed by atoms with Gasteiger partial charge in [-0.2, -0.15) is 0 Å². The van der Waals surface area contributed by atoms with Crippen molar-refractivity contribution in [3.05, 3.63) is 24.3 Å². The number of carbonyl (C=O) groups is 3. The van der Waals surface area contributed by atoms with E-state index in [1.165, 1.54) is 11.8 Å². The topological polar surface area (TPSA) is 128 Å². The number of nitrogens with two attached hydrogens (primary N) is 1. The van der Waals surface area contributed by atoms with Crippen LogP contribution in [-0.4, -0.2) is 88.5 Å². The van der Waals surface area contributed by atoms with Gasteiger partial charge in [0.2, 0.25) is 4.87 Å². The second-order valence-electron chi connectivity index (χ2n) is 5.45. The average Bonchev–Trinajstić information content (AvgIpc) is 2.60. The van der Waals surface area contributed by atoms with E-state index < -0.39 is 29.1 Å². The molecule has 3 N–H and O–H groups in total. The number of amides is 1. The molecule has 27 heavy (non-hydrogen) atoms. The summed E-state index contributed by atoms with van der Waals surface area (Å²) in [4.78, 5) is 38.2. The number of nitrogens with zero attached hydrogens (tertiary/aromatic N) is 1. The molecule has 1 aliphatic rings. The molecule has 1 heterocycles. The van der Waals surface area contributed by atoms with Crippen LogP contribution in [0.2, 0.25) is 0 Å². The maximum absolute atomic E-state index is 12.2. The molecule has 2 rings (SSSR count). The van der Waals surface area contributed by atoms with Gasteiger partial charge in [-0.15, -0.1) is 16.8 Å². The molecular formula is C16H21N2NaO7S. The summed E-state index contributed by atoms with van der Waals surface area (Å²) < 4.78 is 10.7. The van der Waals surface area contributed by atoms with E-state index in [4.69, 9.17) is 25.2 Å². The fourth-order valence-corrected chi connectivity index (χ4v) is 3.50. The van der Waals surface area contributed by atoms with Crippen molar-refractivity contribution < 1.29 is 33.8 Å². The molecule has 144 valence electrons. The van der Waals surface area contributed by atoms with E-state index in [9.17, 15) is 14.4 Å². The molecule has 0 bridgehead atoms. The Kier molecular flexibility index (Phi) is 9.40. The van der Waals surface area contributed by atoms with E-state index in [0.29, 0.717) is 23.7 Å². The minimum atomic E-state index is -1.44. The van der Waals surface area contributed by atoms with Gasteiger partial charge in [0, 0.05) is 6.54 Å². The van der Waals surface area contributed by atoms with Gasteiger partial charge in [0.15, 0.2) is 0 Å². The number of thioether (sulfide) groups is 1. The molecule has 1 amide bonds. The zero-order valence-electron chi connectivity index (χ0n) is 14.2. The molecule has 9 nitrogen and oxygen atoms in total. The summed E-state index contributed by atoms with van der Waals surface area (Å²) in [5, 5.41) is 9.82. The first-order valence-corrected chi connectivity index (χ1v) is 8.77. The standard InChI is InChI=1S/C16H20N2O7S.Na.H/c1-23-11-3-5-12(6-4-11)24-10-16(15(17)22)18(7-2-8-26-16)25-14(21)9-13(19)20;;/h3-6H,2,7-10H2,1H3,(H2,17,22)(H,19,20);;. The van der Waals surface area contributed by atoms with Gasteiger partial charge in [-0.3, -0.25) is 9.59 Å². The number of benzene rings is 1. The number of primary amides is 1. The molecule has 0 spiro atoms. The van der Waals surface area contributed by atoms with Crippen molar-refractivity contribution >= 4 is 59.2 Å². The number of carboxylic acids is 1. The molecule has 1 aromatic rings. The number of hydrogen-bond acceptors (Lipinski definition) is 8. The van der Waals surface area contributed by atoms with Crippen molar-refractivity contribution in [2.24, 2.45) is 5.73 Å². The molecule has 1 fully saturated rings. The summed E-state index contributed by atoms with van der Waals surface area (Å²) >= 11 is 1.19. The molecule has 1 aliphatic heterocycles. The van der Waals surface area contributed by atoms with Crippen molar-refractivity contribution in [2.45, 2.75) is 17.7 Å². The summed E-state index contributed by atoms with van der Waals surface area (Å²) in [5.74, 6) is -1.29. The Labute approximate surface area is 182 Å². The second kappa shape index (κ2) is 10.8.